The summed E-state index contributed by atoms with van der Waals surface area (Å²) in [4.78, 5) is 12.0. The Bertz CT molecular complexity index is 542. The Morgan fingerprint density at radius 1 is 1.21 bits per heavy atom. The van der Waals surface area contributed by atoms with Gasteiger partial charge in [-0.25, -0.2) is 0 Å². The summed E-state index contributed by atoms with van der Waals surface area (Å²) < 4.78 is 5.83. The van der Waals surface area contributed by atoms with E-state index in [1.165, 1.54) is 24.8 Å². The van der Waals surface area contributed by atoms with Crippen molar-refractivity contribution in [2.75, 3.05) is 0 Å². The zero-order chi connectivity index (χ0) is 17.1. The van der Waals surface area contributed by atoms with Crippen molar-refractivity contribution in [1.29, 1.82) is 0 Å². The molecular weight excluding hydrogens is 298 g/mol. The summed E-state index contributed by atoms with van der Waals surface area (Å²) in [7, 11) is 0. The summed E-state index contributed by atoms with van der Waals surface area (Å²) >= 11 is 0. The molecule has 1 heterocycles. The number of rotatable bonds is 5. The third kappa shape index (κ3) is 4.00. The Hall–Kier alpha value is -1.35. The van der Waals surface area contributed by atoms with E-state index in [0.717, 1.165) is 12.5 Å². The number of hydrogen-bond acceptors (Lipinski definition) is 3. The number of benzene rings is 1. The van der Waals surface area contributed by atoms with E-state index in [2.05, 4.69) is 50.4 Å². The van der Waals surface area contributed by atoms with E-state index in [4.69, 9.17) is 4.74 Å². The highest BCUT2D eigenvalue weighted by atomic mass is 16.6. The normalized spacial score (nSPS) is 33.7. The number of nitrogens with one attached hydrogen (secondary N) is 1. The van der Waals surface area contributed by atoms with Crippen molar-refractivity contribution >= 4 is 5.97 Å². The van der Waals surface area contributed by atoms with Crippen LogP contribution in [0, 0.1) is 23.7 Å². The average molecular weight is 329 g/mol. The van der Waals surface area contributed by atoms with E-state index in [1.54, 1.807) is 0 Å². The third-order valence-corrected chi connectivity index (χ3v) is 5.96. The number of carbonyl (C=O) groups excluding carboxylic acids is 1. The number of hydrogen-bond donors (Lipinski definition) is 1. The Balaban J connectivity index is 1.70. The van der Waals surface area contributed by atoms with Gasteiger partial charge in [-0.1, -0.05) is 57.5 Å². The standard InChI is InChI=1S/C21H31NO2/c1-14(2)17-10-9-15(3)11-18(17)21-19(12-20(23)24-21)22-13-16-7-5-4-6-8-16/h4-8,14-15,17-19,21-22H,9-13H2,1-3H3/t15?,17?,18?,19-,21+/m1/s1. The van der Waals surface area contributed by atoms with Gasteiger partial charge in [0.2, 0.25) is 0 Å². The number of esters is 1. The van der Waals surface area contributed by atoms with Gasteiger partial charge in [0.1, 0.15) is 6.10 Å². The van der Waals surface area contributed by atoms with Gasteiger partial charge in [-0.2, -0.15) is 0 Å². The fraction of sp³-hybridized carbons (Fsp3) is 0.667. The summed E-state index contributed by atoms with van der Waals surface area (Å²) in [6, 6.07) is 10.5. The topological polar surface area (TPSA) is 38.3 Å². The second-order valence-electron chi connectivity index (χ2n) is 8.12. The SMILES string of the molecule is CC1CCC(C(C)C)C([C@@H]2OC(=O)C[C@H]2NCc2ccccc2)C1. The lowest BCUT2D eigenvalue weighted by molar-refractivity contribution is -0.145. The molecule has 2 aliphatic rings. The molecule has 0 amide bonds. The minimum Gasteiger partial charge on any atom is -0.460 e. The average Bonchev–Trinajstić information content (AvgIpc) is 2.94. The molecular formula is C21H31NO2. The predicted octanol–water partition coefficient (Wildman–Crippen LogP) is 4.17. The Kier molecular flexibility index (Phi) is 5.60. The van der Waals surface area contributed by atoms with Crippen LogP contribution >= 0.6 is 0 Å². The van der Waals surface area contributed by atoms with Gasteiger partial charge in [0.15, 0.2) is 0 Å². The lowest BCUT2D eigenvalue weighted by Crippen LogP contribution is -2.45. The summed E-state index contributed by atoms with van der Waals surface area (Å²) in [6.07, 6.45) is 4.30. The van der Waals surface area contributed by atoms with Crippen LogP contribution in [0.3, 0.4) is 0 Å². The van der Waals surface area contributed by atoms with Crippen molar-refractivity contribution in [2.24, 2.45) is 23.7 Å². The largest absolute Gasteiger partial charge is 0.460 e. The van der Waals surface area contributed by atoms with Crippen molar-refractivity contribution < 1.29 is 9.53 Å². The molecule has 1 N–H and O–H groups in total. The molecule has 3 unspecified atom stereocenters. The van der Waals surface area contributed by atoms with Gasteiger partial charge in [-0.15, -0.1) is 0 Å². The summed E-state index contributed by atoms with van der Waals surface area (Å²) in [6.45, 7) is 7.77. The molecule has 0 bridgehead atoms. The lowest BCUT2D eigenvalue weighted by atomic mass is 9.67. The van der Waals surface area contributed by atoms with Crippen LogP contribution < -0.4 is 5.32 Å². The van der Waals surface area contributed by atoms with Gasteiger partial charge in [-0.05, 0) is 36.2 Å². The summed E-state index contributed by atoms with van der Waals surface area (Å²) in [5.74, 6) is 2.51. The highest BCUT2D eigenvalue weighted by Gasteiger charge is 2.45. The molecule has 5 atom stereocenters. The van der Waals surface area contributed by atoms with E-state index < -0.39 is 0 Å². The first kappa shape index (κ1) is 17.5. The maximum absolute atomic E-state index is 12.0. The molecule has 1 saturated heterocycles. The number of cyclic esters (lactones) is 1. The molecule has 1 aliphatic heterocycles. The van der Waals surface area contributed by atoms with Gasteiger partial charge >= 0.3 is 5.97 Å². The molecule has 24 heavy (non-hydrogen) atoms. The van der Waals surface area contributed by atoms with Crippen LogP contribution in [-0.4, -0.2) is 18.1 Å². The van der Waals surface area contributed by atoms with Crippen LogP contribution in [0.15, 0.2) is 30.3 Å². The summed E-state index contributed by atoms with van der Waals surface area (Å²) in [5, 5.41) is 3.60. The number of ether oxygens (including phenoxy) is 1. The maximum Gasteiger partial charge on any atom is 0.307 e. The predicted molar refractivity (Wildman–Crippen MR) is 96.4 cm³/mol. The lowest BCUT2D eigenvalue weighted by Gasteiger charge is -2.41. The van der Waals surface area contributed by atoms with Crippen LogP contribution in [0.2, 0.25) is 0 Å². The quantitative estimate of drug-likeness (QED) is 0.824. The molecule has 3 nitrogen and oxygen atoms in total. The smallest absolute Gasteiger partial charge is 0.307 e. The first-order valence-electron chi connectivity index (χ1n) is 9.51. The van der Waals surface area contributed by atoms with Crippen molar-refractivity contribution in [3.63, 3.8) is 0 Å². The molecule has 3 rings (SSSR count). The molecule has 2 fully saturated rings. The zero-order valence-electron chi connectivity index (χ0n) is 15.2. The molecule has 132 valence electrons. The fourth-order valence-corrected chi connectivity index (χ4v) is 4.65. The van der Waals surface area contributed by atoms with E-state index in [9.17, 15) is 4.79 Å². The second kappa shape index (κ2) is 7.69. The molecule has 3 heteroatoms. The molecule has 0 spiro atoms. The van der Waals surface area contributed by atoms with Crippen LogP contribution in [-0.2, 0) is 16.1 Å². The fourth-order valence-electron chi connectivity index (χ4n) is 4.65. The van der Waals surface area contributed by atoms with E-state index >= 15 is 0 Å². The minimum atomic E-state index is -0.0358. The molecule has 1 aliphatic carbocycles. The van der Waals surface area contributed by atoms with Crippen molar-refractivity contribution in [1.82, 2.24) is 5.32 Å². The molecule has 0 radical (unpaired) electrons. The zero-order valence-corrected chi connectivity index (χ0v) is 15.2. The third-order valence-electron chi connectivity index (χ3n) is 5.96. The number of carbonyl (C=O) groups is 1. The summed E-state index contributed by atoms with van der Waals surface area (Å²) in [5.41, 5.74) is 1.26. The Morgan fingerprint density at radius 2 is 1.96 bits per heavy atom. The van der Waals surface area contributed by atoms with Crippen molar-refractivity contribution in [2.45, 2.75) is 65.1 Å². The molecule has 1 saturated carbocycles. The van der Waals surface area contributed by atoms with Gasteiger partial charge in [0.25, 0.3) is 0 Å². The minimum absolute atomic E-state index is 0.0358. The van der Waals surface area contributed by atoms with E-state index in [1.807, 2.05) is 6.07 Å². The monoisotopic (exact) mass is 329 g/mol. The van der Waals surface area contributed by atoms with Crippen molar-refractivity contribution in [3.05, 3.63) is 35.9 Å². The van der Waals surface area contributed by atoms with Gasteiger partial charge in [0, 0.05) is 12.5 Å². The van der Waals surface area contributed by atoms with E-state index in [-0.39, 0.29) is 18.1 Å². The van der Waals surface area contributed by atoms with Gasteiger partial charge < -0.3 is 10.1 Å². The van der Waals surface area contributed by atoms with E-state index in [0.29, 0.717) is 24.2 Å². The first-order valence-corrected chi connectivity index (χ1v) is 9.51. The Morgan fingerprint density at radius 3 is 2.67 bits per heavy atom. The molecule has 0 aromatic heterocycles. The van der Waals surface area contributed by atoms with Crippen LogP contribution in [0.4, 0.5) is 0 Å². The van der Waals surface area contributed by atoms with Crippen LogP contribution in [0.1, 0.15) is 52.0 Å². The highest BCUT2D eigenvalue weighted by molar-refractivity contribution is 5.72. The van der Waals surface area contributed by atoms with Crippen LogP contribution in [0.5, 0.6) is 0 Å². The maximum atomic E-state index is 12.0. The highest BCUT2D eigenvalue weighted by Crippen LogP contribution is 2.43. The Labute approximate surface area is 146 Å². The second-order valence-corrected chi connectivity index (χ2v) is 8.12. The van der Waals surface area contributed by atoms with Gasteiger partial charge in [0.05, 0.1) is 12.5 Å². The van der Waals surface area contributed by atoms with Crippen molar-refractivity contribution in [3.8, 4) is 0 Å². The van der Waals surface area contributed by atoms with Gasteiger partial charge in [-0.3, -0.25) is 4.79 Å². The van der Waals surface area contributed by atoms with Crippen LogP contribution in [0.25, 0.3) is 0 Å². The first-order chi connectivity index (χ1) is 11.5. The molecule has 1 aromatic carbocycles. The molecule has 1 aromatic rings.